The van der Waals surface area contributed by atoms with Crippen LogP contribution in [0.5, 0.6) is 0 Å². The van der Waals surface area contributed by atoms with Gasteiger partial charge in [0.25, 0.3) is 0 Å². The maximum Gasteiger partial charge on any atom is 0.222 e. The molecular weight excluding hydrogens is 365 g/mol. The zero-order valence-electron chi connectivity index (χ0n) is 14.6. The summed E-state index contributed by atoms with van der Waals surface area (Å²) in [5.74, 6) is 0.665. The van der Waals surface area contributed by atoms with Crippen molar-refractivity contribution in [1.82, 2.24) is 20.1 Å². The van der Waals surface area contributed by atoms with E-state index >= 15 is 0 Å². The van der Waals surface area contributed by atoms with Gasteiger partial charge in [-0.25, -0.2) is 9.67 Å². The highest BCUT2D eigenvalue weighted by Crippen LogP contribution is 2.10. The molecule has 9 heteroatoms. The molecule has 25 heavy (non-hydrogen) atoms. The van der Waals surface area contributed by atoms with Crippen LogP contribution in [0.1, 0.15) is 23.4 Å². The first kappa shape index (κ1) is 23.3. The number of halogens is 2. The van der Waals surface area contributed by atoms with E-state index < -0.39 is 0 Å². The van der Waals surface area contributed by atoms with Crippen molar-refractivity contribution in [3.63, 3.8) is 0 Å². The predicted octanol–water partition coefficient (Wildman–Crippen LogP) is 1.71. The fourth-order valence-electron chi connectivity index (χ4n) is 2.25. The van der Waals surface area contributed by atoms with E-state index in [4.69, 9.17) is 10.5 Å². The lowest BCUT2D eigenvalue weighted by Gasteiger charge is -2.12. The van der Waals surface area contributed by atoms with Crippen LogP contribution in [0, 0.1) is 13.8 Å². The topological polar surface area (TPSA) is 95.1 Å². The van der Waals surface area contributed by atoms with Crippen LogP contribution in [0.15, 0.2) is 24.4 Å². The molecule has 0 aliphatic carbocycles. The van der Waals surface area contributed by atoms with Crippen LogP contribution in [0.4, 0.5) is 0 Å². The molecule has 0 aromatic carbocycles. The number of nitrogens with zero attached hydrogens (tertiary/aromatic N) is 3. The van der Waals surface area contributed by atoms with Gasteiger partial charge in [-0.05, 0) is 31.5 Å². The number of aromatic nitrogens is 3. The lowest BCUT2D eigenvalue weighted by Crippen LogP contribution is -2.31. The molecule has 0 saturated carbocycles. The molecule has 0 fully saturated rings. The second-order valence-corrected chi connectivity index (χ2v) is 5.44. The van der Waals surface area contributed by atoms with Gasteiger partial charge in [-0.15, -0.1) is 24.8 Å². The normalized spacial score (nSPS) is 11.2. The first-order chi connectivity index (χ1) is 11.0. The summed E-state index contributed by atoms with van der Waals surface area (Å²) in [6, 6.07) is 5.81. The van der Waals surface area contributed by atoms with Crippen molar-refractivity contribution >= 4 is 30.7 Å². The molecule has 7 nitrogen and oxygen atoms in total. The number of carbonyl (C=O) groups excluding carboxylic acids is 1. The molecule has 0 radical (unpaired) electrons. The smallest absolute Gasteiger partial charge is 0.222 e. The van der Waals surface area contributed by atoms with E-state index in [1.54, 1.807) is 18.0 Å². The van der Waals surface area contributed by atoms with E-state index in [0.717, 1.165) is 22.8 Å². The number of ether oxygens (including phenoxy) is 1. The Morgan fingerprint density at radius 2 is 2.08 bits per heavy atom. The average molecular weight is 390 g/mol. The van der Waals surface area contributed by atoms with Crippen molar-refractivity contribution in [2.75, 3.05) is 13.7 Å². The summed E-state index contributed by atoms with van der Waals surface area (Å²) in [6.07, 6.45) is 1.74. The summed E-state index contributed by atoms with van der Waals surface area (Å²) in [7, 11) is 1.55. The maximum atomic E-state index is 11.8. The number of methoxy groups -OCH3 is 1. The summed E-state index contributed by atoms with van der Waals surface area (Å²) in [4.78, 5) is 16.2. The van der Waals surface area contributed by atoms with Crippen LogP contribution in [0.3, 0.4) is 0 Å². The molecule has 2 heterocycles. The number of nitrogens with two attached hydrogens (primary N) is 1. The minimum Gasteiger partial charge on any atom is -0.380 e. The molecular formula is C16H25Cl2N5O2. The summed E-state index contributed by atoms with van der Waals surface area (Å²) in [6.45, 7) is 4.68. The van der Waals surface area contributed by atoms with Crippen molar-refractivity contribution < 1.29 is 9.53 Å². The number of nitrogens with one attached hydrogen (secondary N) is 1. The van der Waals surface area contributed by atoms with E-state index in [1.807, 2.05) is 32.0 Å². The van der Waals surface area contributed by atoms with Gasteiger partial charge in [0, 0.05) is 32.1 Å². The Morgan fingerprint density at radius 3 is 2.56 bits per heavy atom. The van der Waals surface area contributed by atoms with E-state index in [1.165, 1.54) is 0 Å². The molecule has 1 atom stereocenters. The summed E-state index contributed by atoms with van der Waals surface area (Å²) in [5.41, 5.74) is 8.41. The Bertz CT molecular complexity index is 657. The Kier molecular flexibility index (Phi) is 10.3. The highest BCUT2D eigenvalue weighted by atomic mass is 35.5. The van der Waals surface area contributed by atoms with Crippen LogP contribution in [0.2, 0.25) is 0 Å². The third kappa shape index (κ3) is 6.62. The molecule has 140 valence electrons. The third-order valence-corrected chi connectivity index (χ3v) is 3.53. The first-order valence-electron chi connectivity index (χ1n) is 7.51. The van der Waals surface area contributed by atoms with Gasteiger partial charge in [0.15, 0.2) is 5.82 Å². The molecule has 0 aliphatic rings. The SMILES string of the molecule is COC(CN)CC(=O)NCc1ccc(-n2nc(C)cc2C)nc1.Cl.Cl. The summed E-state index contributed by atoms with van der Waals surface area (Å²) in [5, 5.41) is 7.23. The number of hydrogen-bond donors (Lipinski definition) is 2. The summed E-state index contributed by atoms with van der Waals surface area (Å²) < 4.78 is 6.89. The maximum absolute atomic E-state index is 11.8. The Hall–Kier alpha value is -1.67. The Balaban J connectivity index is 0.00000288. The number of rotatable bonds is 7. The predicted molar refractivity (Wildman–Crippen MR) is 102 cm³/mol. The fourth-order valence-corrected chi connectivity index (χ4v) is 2.25. The van der Waals surface area contributed by atoms with Gasteiger partial charge in [0.1, 0.15) is 0 Å². The van der Waals surface area contributed by atoms with E-state index in [0.29, 0.717) is 13.1 Å². The molecule has 0 saturated heterocycles. The van der Waals surface area contributed by atoms with Gasteiger partial charge in [0.2, 0.25) is 5.91 Å². The second kappa shape index (κ2) is 11.0. The van der Waals surface area contributed by atoms with Gasteiger partial charge in [-0.3, -0.25) is 4.79 Å². The van der Waals surface area contributed by atoms with Gasteiger partial charge in [-0.2, -0.15) is 5.10 Å². The number of hydrogen-bond acceptors (Lipinski definition) is 5. The molecule has 3 N–H and O–H groups in total. The van der Waals surface area contributed by atoms with Crippen molar-refractivity contribution in [2.24, 2.45) is 5.73 Å². The van der Waals surface area contributed by atoms with Crippen molar-refractivity contribution in [2.45, 2.75) is 32.9 Å². The average Bonchev–Trinajstić information content (AvgIpc) is 2.89. The van der Waals surface area contributed by atoms with Crippen LogP contribution in [0.25, 0.3) is 5.82 Å². The molecule has 2 rings (SSSR count). The first-order valence-corrected chi connectivity index (χ1v) is 7.51. The minimum absolute atomic E-state index is 0. The van der Waals surface area contributed by atoms with Gasteiger partial charge in [0.05, 0.1) is 18.2 Å². The summed E-state index contributed by atoms with van der Waals surface area (Å²) >= 11 is 0. The van der Waals surface area contributed by atoms with Gasteiger partial charge < -0.3 is 15.8 Å². The molecule has 0 aliphatic heterocycles. The van der Waals surface area contributed by atoms with Crippen molar-refractivity contribution in [1.29, 1.82) is 0 Å². The van der Waals surface area contributed by atoms with E-state index in [9.17, 15) is 4.79 Å². The molecule has 2 aromatic rings. The lowest BCUT2D eigenvalue weighted by molar-refractivity contribution is -0.123. The number of carbonyl (C=O) groups is 1. The molecule has 1 amide bonds. The van der Waals surface area contributed by atoms with Crippen molar-refractivity contribution in [3.05, 3.63) is 41.3 Å². The van der Waals surface area contributed by atoms with Gasteiger partial charge in [-0.1, -0.05) is 6.07 Å². The minimum atomic E-state index is -0.249. The quantitative estimate of drug-likeness (QED) is 0.751. The van der Waals surface area contributed by atoms with Crippen LogP contribution in [-0.4, -0.2) is 40.4 Å². The van der Waals surface area contributed by atoms with E-state index in [-0.39, 0.29) is 43.2 Å². The zero-order valence-corrected chi connectivity index (χ0v) is 16.2. The standard InChI is InChI=1S/C16H23N5O2.2ClH/c1-11-6-12(2)21(20-11)15-5-4-13(9-18-15)10-19-16(22)7-14(8-17)23-3;;/h4-6,9,14H,7-8,10,17H2,1-3H3,(H,19,22);2*1H. The van der Waals surface area contributed by atoms with Crippen LogP contribution < -0.4 is 11.1 Å². The number of pyridine rings is 1. The van der Waals surface area contributed by atoms with Gasteiger partial charge >= 0.3 is 0 Å². The van der Waals surface area contributed by atoms with E-state index in [2.05, 4.69) is 15.4 Å². The van der Waals surface area contributed by atoms with Crippen LogP contribution in [-0.2, 0) is 16.1 Å². The Morgan fingerprint density at radius 1 is 1.36 bits per heavy atom. The highest BCUT2D eigenvalue weighted by Gasteiger charge is 2.11. The largest absolute Gasteiger partial charge is 0.380 e. The molecule has 1 unspecified atom stereocenters. The molecule has 0 spiro atoms. The van der Waals surface area contributed by atoms with Crippen LogP contribution >= 0.6 is 24.8 Å². The Labute approximate surface area is 160 Å². The monoisotopic (exact) mass is 389 g/mol. The molecule has 0 bridgehead atoms. The second-order valence-electron chi connectivity index (χ2n) is 5.44. The molecule has 2 aromatic heterocycles. The lowest BCUT2D eigenvalue weighted by atomic mass is 10.2. The van der Waals surface area contributed by atoms with Crippen molar-refractivity contribution in [3.8, 4) is 5.82 Å². The third-order valence-electron chi connectivity index (χ3n) is 3.53. The highest BCUT2D eigenvalue weighted by molar-refractivity contribution is 5.85. The zero-order chi connectivity index (χ0) is 16.8. The number of aryl methyl sites for hydroxylation is 2. The fraction of sp³-hybridized carbons (Fsp3) is 0.438. The number of amides is 1.